The molecule has 12 heavy (non-hydrogen) atoms. The zero-order valence-corrected chi connectivity index (χ0v) is 6.97. The van der Waals surface area contributed by atoms with Crippen LogP contribution in [-0.4, -0.2) is 19.2 Å². The zero-order valence-electron chi connectivity index (χ0n) is 6.15. The molecule has 0 bridgehead atoms. The van der Waals surface area contributed by atoms with Gasteiger partial charge in [0.05, 0.1) is 4.86 Å². The first-order valence-electron chi connectivity index (χ1n) is 3.24. The first kappa shape index (κ1) is 8.73. The number of amides is 1. The number of primary amides is 1. The third-order valence-electron chi connectivity index (χ3n) is 1.43. The maximum atomic E-state index is 10.6. The van der Waals surface area contributed by atoms with Crippen LogP contribution in [0.3, 0.4) is 0 Å². The maximum absolute atomic E-state index is 10.6. The molecule has 1 amide bonds. The summed E-state index contributed by atoms with van der Waals surface area (Å²) in [5, 5.41) is 0. The monoisotopic (exact) mass is 185 g/mol. The molecule has 1 aliphatic carbocycles. The van der Waals surface area contributed by atoms with Crippen molar-refractivity contribution in [1.29, 1.82) is 0 Å². The summed E-state index contributed by atoms with van der Waals surface area (Å²) < 4.78 is 20.9. The van der Waals surface area contributed by atoms with E-state index >= 15 is 0 Å². The third kappa shape index (κ3) is 1.82. The Morgan fingerprint density at radius 3 is 2.67 bits per heavy atom. The Kier molecular flexibility index (Phi) is 2.44. The van der Waals surface area contributed by atoms with E-state index in [2.05, 4.69) is 0 Å². The van der Waals surface area contributed by atoms with E-state index in [1.807, 2.05) is 0 Å². The van der Waals surface area contributed by atoms with Gasteiger partial charge < -0.3 is 5.73 Å². The summed E-state index contributed by atoms with van der Waals surface area (Å²) in [6, 6.07) is 0. The minimum Gasteiger partial charge on any atom is -0.366 e. The van der Waals surface area contributed by atoms with Gasteiger partial charge in [-0.05, 0) is 6.08 Å². The van der Waals surface area contributed by atoms with Gasteiger partial charge in [0, 0.05) is 12.0 Å². The van der Waals surface area contributed by atoms with Gasteiger partial charge in [-0.15, -0.1) is 0 Å². The minimum absolute atomic E-state index is 0.186. The standard InChI is InChI=1S/C7H7NO3S/c8-7(9)5-2-1-3-6(4-5)12(10)11/h1-2,4H,3H2,(H2,8,9). The van der Waals surface area contributed by atoms with Crippen molar-refractivity contribution in [2.75, 3.05) is 0 Å². The molecular formula is C7H7NO3S. The number of hydrogen-bond acceptors (Lipinski definition) is 3. The Hall–Kier alpha value is -1.36. The molecule has 0 fully saturated rings. The Balaban J connectivity index is 3.16. The molecule has 5 heteroatoms. The number of hydrogen-bond donors (Lipinski definition) is 1. The summed E-state index contributed by atoms with van der Waals surface area (Å²) in [5.74, 6) is -0.617. The predicted molar refractivity (Wildman–Crippen MR) is 45.0 cm³/mol. The van der Waals surface area contributed by atoms with Crippen LogP contribution in [0.2, 0.25) is 0 Å². The van der Waals surface area contributed by atoms with Gasteiger partial charge in [-0.2, -0.15) is 8.42 Å². The lowest BCUT2D eigenvalue weighted by Gasteiger charge is -2.01. The third-order valence-corrected chi connectivity index (χ3v) is 2.14. The number of allylic oxidation sites excluding steroid dienone is 2. The number of rotatable bonds is 1. The van der Waals surface area contributed by atoms with E-state index in [-0.39, 0.29) is 10.4 Å². The van der Waals surface area contributed by atoms with Crippen molar-refractivity contribution < 1.29 is 13.2 Å². The fourth-order valence-electron chi connectivity index (χ4n) is 0.852. The topological polar surface area (TPSA) is 77.2 Å². The van der Waals surface area contributed by atoms with E-state index in [0.717, 1.165) is 0 Å². The first-order valence-corrected chi connectivity index (χ1v) is 4.32. The van der Waals surface area contributed by atoms with E-state index in [9.17, 15) is 13.2 Å². The second-order valence-electron chi connectivity index (χ2n) is 2.27. The number of carbonyl (C=O) groups excluding carboxylic acids is 1. The average molecular weight is 185 g/mol. The molecule has 0 saturated heterocycles. The van der Waals surface area contributed by atoms with E-state index in [4.69, 9.17) is 5.73 Å². The molecule has 0 saturated carbocycles. The van der Waals surface area contributed by atoms with Gasteiger partial charge in [-0.3, -0.25) is 4.79 Å². The molecule has 0 aromatic rings. The molecule has 2 N–H and O–H groups in total. The summed E-state index contributed by atoms with van der Waals surface area (Å²) >= 11 is 0. The molecular weight excluding hydrogens is 178 g/mol. The molecule has 1 rings (SSSR count). The molecule has 0 unspecified atom stereocenters. The van der Waals surface area contributed by atoms with E-state index in [1.165, 1.54) is 12.2 Å². The lowest BCUT2D eigenvalue weighted by atomic mass is 10.1. The SMILES string of the molecule is NC(=O)C1=CC(=S(=O)=O)CC=C1. The maximum Gasteiger partial charge on any atom is 0.248 e. The second kappa shape index (κ2) is 3.36. The van der Waals surface area contributed by atoms with Crippen molar-refractivity contribution in [2.45, 2.75) is 6.42 Å². The fraction of sp³-hybridized carbons (Fsp3) is 0.143. The van der Waals surface area contributed by atoms with Crippen LogP contribution in [0.4, 0.5) is 0 Å². The number of carbonyl (C=O) groups is 1. The Labute approximate surface area is 70.9 Å². The quantitative estimate of drug-likeness (QED) is 0.554. The average Bonchev–Trinajstić information content (AvgIpc) is 2.04. The van der Waals surface area contributed by atoms with Crippen LogP contribution in [0, 0.1) is 0 Å². The molecule has 64 valence electrons. The number of nitrogens with two attached hydrogens (primary N) is 1. The van der Waals surface area contributed by atoms with Crippen LogP contribution in [0.1, 0.15) is 6.42 Å². The molecule has 0 heterocycles. The summed E-state index contributed by atoms with van der Waals surface area (Å²) in [6.07, 6.45) is 4.71. The summed E-state index contributed by atoms with van der Waals surface area (Å²) in [7, 11) is -2.26. The fourth-order valence-corrected chi connectivity index (χ4v) is 1.31. The van der Waals surface area contributed by atoms with Crippen LogP contribution < -0.4 is 5.73 Å². The lowest BCUT2D eigenvalue weighted by Crippen LogP contribution is -2.15. The normalized spacial score (nSPS) is 15.7. The molecule has 0 spiro atoms. The predicted octanol–water partition coefficient (Wildman–Crippen LogP) is -0.590. The highest BCUT2D eigenvalue weighted by Gasteiger charge is 2.07. The highest BCUT2D eigenvalue weighted by atomic mass is 32.2. The van der Waals surface area contributed by atoms with Crippen LogP contribution in [0.25, 0.3) is 0 Å². The molecule has 0 radical (unpaired) electrons. The molecule has 0 aliphatic heterocycles. The van der Waals surface area contributed by atoms with Crippen LogP contribution >= 0.6 is 0 Å². The zero-order chi connectivity index (χ0) is 9.14. The summed E-state index contributed by atoms with van der Waals surface area (Å²) in [4.78, 5) is 10.8. The minimum atomic E-state index is -2.26. The molecule has 0 aromatic heterocycles. The Morgan fingerprint density at radius 1 is 1.50 bits per heavy atom. The van der Waals surface area contributed by atoms with Crippen LogP contribution in [0.5, 0.6) is 0 Å². The van der Waals surface area contributed by atoms with Gasteiger partial charge in [0.25, 0.3) is 0 Å². The molecule has 0 aromatic carbocycles. The summed E-state index contributed by atoms with van der Waals surface area (Å²) in [6.45, 7) is 0. The van der Waals surface area contributed by atoms with Gasteiger partial charge in [0.15, 0.2) is 0 Å². The van der Waals surface area contributed by atoms with Crippen molar-refractivity contribution in [1.82, 2.24) is 0 Å². The van der Waals surface area contributed by atoms with Gasteiger partial charge >= 0.3 is 0 Å². The molecule has 0 atom stereocenters. The van der Waals surface area contributed by atoms with Crippen molar-refractivity contribution in [3.63, 3.8) is 0 Å². The van der Waals surface area contributed by atoms with E-state index in [1.54, 1.807) is 6.08 Å². The van der Waals surface area contributed by atoms with Gasteiger partial charge in [-0.1, -0.05) is 12.2 Å². The smallest absolute Gasteiger partial charge is 0.248 e. The van der Waals surface area contributed by atoms with Gasteiger partial charge in [0.2, 0.25) is 16.2 Å². The van der Waals surface area contributed by atoms with Crippen LogP contribution in [-0.2, 0) is 15.1 Å². The van der Waals surface area contributed by atoms with Crippen LogP contribution in [0.15, 0.2) is 23.8 Å². The first-order chi connectivity index (χ1) is 5.61. The van der Waals surface area contributed by atoms with Crippen molar-refractivity contribution >= 4 is 21.1 Å². The van der Waals surface area contributed by atoms with Crippen molar-refractivity contribution in [3.05, 3.63) is 23.8 Å². The molecule has 1 aliphatic rings. The Morgan fingerprint density at radius 2 is 2.17 bits per heavy atom. The lowest BCUT2D eigenvalue weighted by molar-refractivity contribution is -0.114. The highest BCUT2D eigenvalue weighted by Crippen LogP contribution is 2.06. The van der Waals surface area contributed by atoms with Crippen molar-refractivity contribution in [3.8, 4) is 0 Å². The van der Waals surface area contributed by atoms with E-state index < -0.39 is 16.2 Å². The van der Waals surface area contributed by atoms with Gasteiger partial charge in [-0.25, -0.2) is 0 Å². The second-order valence-corrected chi connectivity index (χ2v) is 3.27. The largest absolute Gasteiger partial charge is 0.366 e. The van der Waals surface area contributed by atoms with Gasteiger partial charge in [0.1, 0.15) is 0 Å². The molecule has 4 nitrogen and oxygen atoms in total. The van der Waals surface area contributed by atoms with Crippen molar-refractivity contribution in [2.24, 2.45) is 5.73 Å². The Bertz CT molecular complexity index is 392. The highest BCUT2D eigenvalue weighted by molar-refractivity contribution is 7.73. The van der Waals surface area contributed by atoms with E-state index in [0.29, 0.717) is 6.42 Å². The summed E-state index contributed by atoms with van der Waals surface area (Å²) in [5.41, 5.74) is 5.18.